The lowest BCUT2D eigenvalue weighted by Crippen LogP contribution is -2.13. The van der Waals surface area contributed by atoms with Gasteiger partial charge in [-0.3, -0.25) is 14.9 Å². The van der Waals surface area contributed by atoms with Gasteiger partial charge in [-0.1, -0.05) is 39.7 Å². The number of carbonyl (C=O) groups is 1. The van der Waals surface area contributed by atoms with E-state index in [9.17, 15) is 33.3 Å². The molecule has 0 saturated carbocycles. The van der Waals surface area contributed by atoms with E-state index >= 15 is 0 Å². The molecule has 0 bridgehead atoms. The molecule has 0 heterocycles. The summed E-state index contributed by atoms with van der Waals surface area (Å²) in [6.45, 7) is 0. The Hall–Kier alpha value is -3.40. The zero-order valence-electron chi connectivity index (χ0n) is 17.6. The Morgan fingerprint density at radius 1 is 1.17 bits per heavy atom. The van der Waals surface area contributed by atoms with Crippen molar-refractivity contribution in [3.63, 3.8) is 0 Å². The normalized spacial score (nSPS) is 11.5. The minimum Gasteiger partial charge on any atom is -0.448 e. The number of ether oxygens (including phenoxy) is 1. The van der Waals surface area contributed by atoms with Crippen molar-refractivity contribution in [3.05, 3.63) is 95.4 Å². The number of halogens is 6. The second-order valence-electron chi connectivity index (χ2n) is 6.95. The molecule has 184 valence electrons. The summed E-state index contributed by atoms with van der Waals surface area (Å²) in [5, 5.41) is 23.8. The molecule has 36 heavy (non-hydrogen) atoms. The molecule has 0 unspecified atom stereocenters. The van der Waals surface area contributed by atoms with Crippen molar-refractivity contribution in [2.24, 2.45) is 0 Å². The maximum atomic E-state index is 13.0. The third kappa shape index (κ3) is 6.42. The van der Waals surface area contributed by atoms with Gasteiger partial charge in [0, 0.05) is 16.1 Å². The summed E-state index contributed by atoms with van der Waals surface area (Å²) in [5.74, 6) is -1.36. The molecule has 0 fully saturated rings. The third-order valence-corrected chi connectivity index (χ3v) is 5.90. The fourth-order valence-electron chi connectivity index (χ4n) is 2.88. The lowest BCUT2D eigenvalue weighted by Gasteiger charge is -2.14. The second kappa shape index (κ2) is 11.1. The number of nitro groups is 1. The van der Waals surface area contributed by atoms with Gasteiger partial charge < -0.3 is 10.1 Å². The molecule has 0 spiro atoms. The Morgan fingerprint density at radius 3 is 2.47 bits per heavy atom. The van der Waals surface area contributed by atoms with Crippen LogP contribution >= 0.6 is 43.5 Å². The standard InChI is InChI=1S/C23H11Br2ClF3N3O4/c24-15-8-12(7-13(11-30)22(33)31-18-4-2-1-3-17(18)26)21(16(25)10-15)36-20-6-5-14(23(27,28)29)9-19(20)32(34)35/h1-10H,(H,31,33)/b13-7+. The van der Waals surface area contributed by atoms with Gasteiger partial charge in [-0.15, -0.1) is 0 Å². The van der Waals surface area contributed by atoms with Gasteiger partial charge in [0.1, 0.15) is 17.4 Å². The monoisotopic (exact) mass is 643 g/mol. The summed E-state index contributed by atoms with van der Waals surface area (Å²) >= 11 is 12.5. The number of nitrogens with one attached hydrogen (secondary N) is 1. The predicted molar refractivity (Wildman–Crippen MR) is 134 cm³/mol. The van der Waals surface area contributed by atoms with Crippen molar-refractivity contribution in [3.8, 4) is 17.6 Å². The molecule has 13 heteroatoms. The fraction of sp³-hybridized carbons (Fsp3) is 0.0435. The maximum Gasteiger partial charge on any atom is 0.416 e. The zero-order chi connectivity index (χ0) is 26.6. The van der Waals surface area contributed by atoms with E-state index in [2.05, 4.69) is 37.2 Å². The summed E-state index contributed by atoms with van der Waals surface area (Å²) in [6, 6.07) is 12.9. The van der Waals surface area contributed by atoms with E-state index in [1.165, 1.54) is 18.2 Å². The van der Waals surface area contributed by atoms with Crippen molar-refractivity contribution in [2.75, 3.05) is 5.32 Å². The number of nitro benzene ring substituents is 1. The van der Waals surface area contributed by atoms with E-state index in [-0.39, 0.29) is 32.1 Å². The number of carbonyl (C=O) groups excluding carboxylic acids is 1. The SMILES string of the molecule is N#C/C(=C\c1cc(Br)cc(Br)c1Oc1ccc(C(F)(F)F)cc1[N+](=O)[O-])C(=O)Nc1ccccc1Cl. The van der Waals surface area contributed by atoms with Gasteiger partial charge in [0.15, 0.2) is 0 Å². The van der Waals surface area contributed by atoms with Crippen molar-refractivity contribution < 1.29 is 27.6 Å². The number of hydrogen-bond acceptors (Lipinski definition) is 5. The van der Waals surface area contributed by atoms with Crippen LogP contribution in [0.1, 0.15) is 11.1 Å². The number of alkyl halides is 3. The average Bonchev–Trinajstić information content (AvgIpc) is 2.80. The Labute approximate surface area is 223 Å². The zero-order valence-corrected chi connectivity index (χ0v) is 21.5. The number of benzene rings is 3. The van der Waals surface area contributed by atoms with Gasteiger partial charge in [-0.05, 0) is 58.4 Å². The average molecular weight is 646 g/mol. The summed E-state index contributed by atoms with van der Waals surface area (Å²) in [7, 11) is 0. The maximum absolute atomic E-state index is 13.0. The predicted octanol–water partition coefficient (Wildman–Crippen LogP) is 8.13. The summed E-state index contributed by atoms with van der Waals surface area (Å²) in [6.07, 6.45) is -3.64. The smallest absolute Gasteiger partial charge is 0.416 e. The number of nitriles is 1. The number of hydrogen-bond donors (Lipinski definition) is 1. The van der Waals surface area contributed by atoms with E-state index in [1.807, 2.05) is 0 Å². The lowest BCUT2D eigenvalue weighted by molar-refractivity contribution is -0.385. The Kier molecular flexibility index (Phi) is 8.39. The van der Waals surface area contributed by atoms with E-state index in [1.54, 1.807) is 24.3 Å². The molecule has 3 aromatic rings. The molecule has 1 amide bonds. The summed E-state index contributed by atoms with van der Waals surface area (Å²) < 4.78 is 45.5. The molecule has 0 atom stereocenters. The highest BCUT2D eigenvalue weighted by Crippen LogP contribution is 2.42. The van der Waals surface area contributed by atoms with Crippen LogP contribution in [-0.4, -0.2) is 10.8 Å². The van der Waals surface area contributed by atoms with E-state index in [0.29, 0.717) is 16.6 Å². The van der Waals surface area contributed by atoms with Gasteiger partial charge in [0.2, 0.25) is 5.75 Å². The number of para-hydroxylation sites is 1. The number of rotatable bonds is 6. The van der Waals surface area contributed by atoms with Crippen LogP contribution in [0, 0.1) is 21.4 Å². The number of amides is 1. The summed E-state index contributed by atoms with van der Waals surface area (Å²) in [4.78, 5) is 23.1. The molecule has 0 aromatic heterocycles. The first-order chi connectivity index (χ1) is 16.9. The first kappa shape index (κ1) is 27.2. The minimum atomic E-state index is -4.80. The quantitative estimate of drug-likeness (QED) is 0.126. The van der Waals surface area contributed by atoms with E-state index in [4.69, 9.17) is 16.3 Å². The largest absolute Gasteiger partial charge is 0.448 e. The van der Waals surface area contributed by atoms with Crippen LogP contribution in [0.3, 0.4) is 0 Å². The molecule has 0 radical (unpaired) electrons. The Bertz CT molecular complexity index is 1440. The molecule has 0 saturated heterocycles. The van der Waals surface area contributed by atoms with Gasteiger partial charge in [-0.25, -0.2) is 0 Å². The number of nitrogens with zero attached hydrogens (tertiary/aromatic N) is 2. The van der Waals surface area contributed by atoms with E-state index in [0.717, 1.165) is 12.1 Å². The molecule has 7 nitrogen and oxygen atoms in total. The first-order valence-corrected chi connectivity index (χ1v) is 11.6. The molecular formula is C23H11Br2ClF3N3O4. The second-order valence-corrected chi connectivity index (χ2v) is 9.13. The minimum absolute atomic E-state index is 0.0839. The van der Waals surface area contributed by atoms with Crippen molar-refractivity contribution >= 4 is 66.8 Å². The highest BCUT2D eigenvalue weighted by Gasteiger charge is 2.33. The molecule has 0 aliphatic rings. The molecule has 0 aliphatic heterocycles. The van der Waals surface area contributed by atoms with E-state index < -0.39 is 34.0 Å². The van der Waals surface area contributed by atoms with Gasteiger partial charge in [0.25, 0.3) is 5.91 Å². The van der Waals surface area contributed by atoms with Crippen molar-refractivity contribution in [1.82, 2.24) is 0 Å². The van der Waals surface area contributed by atoms with Crippen LogP contribution in [0.15, 0.2) is 69.1 Å². The molecule has 1 N–H and O–H groups in total. The van der Waals surface area contributed by atoms with Crippen molar-refractivity contribution in [2.45, 2.75) is 6.18 Å². The van der Waals surface area contributed by atoms with Crippen LogP contribution in [0.2, 0.25) is 5.02 Å². The third-order valence-electron chi connectivity index (χ3n) is 4.52. The Balaban J connectivity index is 2.06. The lowest BCUT2D eigenvalue weighted by atomic mass is 10.1. The Morgan fingerprint density at radius 2 is 1.86 bits per heavy atom. The summed E-state index contributed by atoms with van der Waals surface area (Å²) in [5.41, 5.74) is -2.13. The van der Waals surface area contributed by atoms with Crippen LogP contribution in [0.25, 0.3) is 6.08 Å². The molecule has 3 aromatic carbocycles. The van der Waals surface area contributed by atoms with Crippen molar-refractivity contribution in [1.29, 1.82) is 5.26 Å². The topological polar surface area (TPSA) is 105 Å². The number of anilines is 1. The molecular weight excluding hydrogens is 635 g/mol. The van der Waals surface area contributed by atoms with Gasteiger partial charge >= 0.3 is 11.9 Å². The molecule has 0 aliphatic carbocycles. The van der Waals surface area contributed by atoms with Gasteiger partial charge in [-0.2, -0.15) is 18.4 Å². The first-order valence-electron chi connectivity index (χ1n) is 9.61. The van der Waals surface area contributed by atoms with Gasteiger partial charge in [0.05, 0.1) is 25.7 Å². The highest BCUT2D eigenvalue weighted by molar-refractivity contribution is 9.11. The highest BCUT2D eigenvalue weighted by atomic mass is 79.9. The van der Waals surface area contributed by atoms with Crippen LogP contribution in [0.4, 0.5) is 24.5 Å². The van der Waals surface area contributed by atoms with Crippen LogP contribution in [-0.2, 0) is 11.0 Å². The van der Waals surface area contributed by atoms with Crippen LogP contribution < -0.4 is 10.1 Å². The van der Waals surface area contributed by atoms with Crippen LogP contribution in [0.5, 0.6) is 11.5 Å². The molecule has 3 rings (SSSR count). The fourth-order valence-corrected chi connectivity index (χ4v) is 4.41.